The van der Waals surface area contributed by atoms with Crippen LogP contribution in [0.4, 0.5) is 0 Å². The van der Waals surface area contributed by atoms with E-state index in [-0.39, 0.29) is 0 Å². The lowest BCUT2D eigenvalue weighted by Gasteiger charge is -2.31. The lowest BCUT2D eigenvalue weighted by Crippen LogP contribution is -2.34. The number of nitrogens with zero attached hydrogens (tertiary/aromatic N) is 1. The van der Waals surface area contributed by atoms with Crippen LogP contribution in [0.25, 0.3) is 10.9 Å². The van der Waals surface area contributed by atoms with Crippen LogP contribution < -0.4 is 5.32 Å². The minimum atomic E-state index is 0.349. The number of benzene rings is 1. The van der Waals surface area contributed by atoms with E-state index in [1.54, 1.807) is 0 Å². The van der Waals surface area contributed by atoms with E-state index in [1.807, 2.05) is 12.3 Å². The Kier molecular flexibility index (Phi) is 4.84. The van der Waals surface area contributed by atoms with E-state index in [1.165, 1.54) is 17.4 Å². The number of hydrogen-bond acceptors (Lipinski definition) is 3. The van der Waals surface area contributed by atoms with Gasteiger partial charge >= 0.3 is 0 Å². The molecule has 0 saturated carbocycles. The Morgan fingerprint density at radius 2 is 2.29 bits per heavy atom. The molecular weight excluding hydrogens is 260 g/mol. The maximum atomic E-state index is 5.69. The molecule has 1 aliphatic heterocycles. The van der Waals surface area contributed by atoms with Crippen LogP contribution in [0.5, 0.6) is 0 Å². The van der Waals surface area contributed by atoms with Crippen LogP contribution in [0, 0.1) is 5.92 Å². The number of nitrogens with one attached hydrogen (secondary N) is 1. The van der Waals surface area contributed by atoms with Gasteiger partial charge in [-0.1, -0.05) is 25.1 Å². The second-order valence-electron chi connectivity index (χ2n) is 5.87. The van der Waals surface area contributed by atoms with Gasteiger partial charge in [-0.3, -0.25) is 4.98 Å². The average Bonchev–Trinajstić information content (AvgIpc) is 2.56. The molecule has 0 aliphatic carbocycles. The summed E-state index contributed by atoms with van der Waals surface area (Å²) in [5, 5.41) is 4.92. The first-order chi connectivity index (χ1) is 10.4. The molecule has 3 heteroatoms. The summed E-state index contributed by atoms with van der Waals surface area (Å²) in [7, 11) is 0. The highest BCUT2D eigenvalue weighted by atomic mass is 16.5. The van der Waals surface area contributed by atoms with Crippen molar-refractivity contribution in [1.29, 1.82) is 0 Å². The normalized spacial score (nSPS) is 20.5. The first-order valence-corrected chi connectivity index (χ1v) is 8.04. The summed E-state index contributed by atoms with van der Waals surface area (Å²) in [6.07, 6.45) is 5.57. The summed E-state index contributed by atoms with van der Waals surface area (Å²) in [6, 6.07) is 11.0. The van der Waals surface area contributed by atoms with Gasteiger partial charge in [0, 0.05) is 30.1 Å². The van der Waals surface area contributed by atoms with Crippen LogP contribution in [0.2, 0.25) is 0 Å². The fourth-order valence-corrected chi connectivity index (χ4v) is 3.14. The van der Waals surface area contributed by atoms with Gasteiger partial charge in [-0.2, -0.15) is 0 Å². The van der Waals surface area contributed by atoms with Crippen molar-refractivity contribution in [3.8, 4) is 0 Å². The standard InChI is InChI=1S/C18H24N2O/c1-2-9-19-18(15-7-5-10-21-13-15)16-11-14-6-3-4-8-17(14)20-12-16/h3-4,6,8,11-12,15,18-19H,2,5,7,9-10,13H2,1H3. The number of rotatable bonds is 5. The molecule has 21 heavy (non-hydrogen) atoms. The molecule has 0 bridgehead atoms. The van der Waals surface area contributed by atoms with Crippen LogP contribution in [-0.2, 0) is 4.74 Å². The van der Waals surface area contributed by atoms with Crippen LogP contribution in [0.1, 0.15) is 37.8 Å². The Morgan fingerprint density at radius 1 is 1.38 bits per heavy atom. The fourth-order valence-electron chi connectivity index (χ4n) is 3.14. The maximum absolute atomic E-state index is 5.69. The molecule has 112 valence electrons. The lowest BCUT2D eigenvalue weighted by molar-refractivity contribution is 0.0390. The molecule has 3 nitrogen and oxygen atoms in total. The highest BCUT2D eigenvalue weighted by molar-refractivity contribution is 5.78. The van der Waals surface area contributed by atoms with Gasteiger partial charge in [0.2, 0.25) is 0 Å². The fraction of sp³-hybridized carbons (Fsp3) is 0.500. The molecule has 2 heterocycles. The van der Waals surface area contributed by atoms with Crippen molar-refractivity contribution >= 4 is 10.9 Å². The molecule has 1 fully saturated rings. The predicted molar refractivity (Wildman–Crippen MR) is 86.3 cm³/mol. The van der Waals surface area contributed by atoms with Gasteiger partial charge in [0.05, 0.1) is 12.1 Å². The van der Waals surface area contributed by atoms with Gasteiger partial charge in [-0.05, 0) is 43.5 Å². The van der Waals surface area contributed by atoms with Crippen molar-refractivity contribution in [2.24, 2.45) is 5.92 Å². The van der Waals surface area contributed by atoms with E-state index in [9.17, 15) is 0 Å². The average molecular weight is 284 g/mol. The predicted octanol–water partition coefficient (Wildman–Crippen LogP) is 3.70. The van der Waals surface area contributed by atoms with E-state index in [2.05, 4.69) is 41.5 Å². The minimum Gasteiger partial charge on any atom is -0.381 e. The molecule has 0 radical (unpaired) electrons. The van der Waals surface area contributed by atoms with Crippen molar-refractivity contribution in [2.45, 2.75) is 32.2 Å². The number of para-hydroxylation sites is 1. The topological polar surface area (TPSA) is 34.2 Å². The molecular formula is C18H24N2O. The highest BCUT2D eigenvalue weighted by Gasteiger charge is 2.25. The van der Waals surface area contributed by atoms with E-state index in [0.717, 1.165) is 38.1 Å². The summed E-state index contributed by atoms with van der Waals surface area (Å²) < 4.78 is 5.69. The molecule has 2 unspecified atom stereocenters. The van der Waals surface area contributed by atoms with Crippen LogP contribution in [-0.4, -0.2) is 24.7 Å². The second-order valence-corrected chi connectivity index (χ2v) is 5.87. The zero-order chi connectivity index (χ0) is 14.5. The van der Waals surface area contributed by atoms with Gasteiger partial charge in [0.25, 0.3) is 0 Å². The third kappa shape index (κ3) is 3.42. The number of hydrogen-bond donors (Lipinski definition) is 1. The summed E-state index contributed by atoms with van der Waals surface area (Å²) >= 11 is 0. The van der Waals surface area contributed by atoms with Gasteiger partial charge in [0.1, 0.15) is 0 Å². The van der Waals surface area contributed by atoms with Crippen molar-refractivity contribution in [3.05, 3.63) is 42.1 Å². The number of ether oxygens (including phenoxy) is 1. The smallest absolute Gasteiger partial charge is 0.0702 e. The first kappa shape index (κ1) is 14.5. The third-order valence-electron chi connectivity index (χ3n) is 4.25. The minimum absolute atomic E-state index is 0.349. The monoisotopic (exact) mass is 284 g/mol. The quantitative estimate of drug-likeness (QED) is 0.909. The lowest BCUT2D eigenvalue weighted by atomic mass is 9.89. The van der Waals surface area contributed by atoms with Crippen molar-refractivity contribution in [3.63, 3.8) is 0 Å². The van der Waals surface area contributed by atoms with Crippen LogP contribution >= 0.6 is 0 Å². The summed E-state index contributed by atoms with van der Waals surface area (Å²) in [6.45, 7) is 5.01. The molecule has 2 aromatic rings. The van der Waals surface area contributed by atoms with Crippen LogP contribution in [0.15, 0.2) is 36.5 Å². The van der Waals surface area contributed by atoms with E-state index < -0.39 is 0 Å². The second kappa shape index (κ2) is 7.01. The zero-order valence-corrected chi connectivity index (χ0v) is 12.7. The summed E-state index contributed by atoms with van der Waals surface area (Å²) in [5.41, 5.74) is 2.35. The molecule has 2 atom stereocenters. The largest absolute Gasteiger partial charge is 0.381 e. The zero-order valence-electron chi connectivity index (χ0n) is 12.7. The van der Waals surface area contributed by atoms with E-state index in [4.69, 9.17) is 4.74 Å². The number of aromatic nitrogens is 1. The van der Waals surface area contributed by atoms with Crippen molar-refractivity contribution in [1.82, 2.24) is 10.3 Å². The number of fused-ring (bicyclic) bond motifs is 1. The van der Waals surface area contributed by atoms with E-state index in [0.29, 0.717) is 12.0 Å². The van der Waals surface area contributed by atoms with Crippen molar-refractivity contribution in [2.75, 3.05) is 19.8 Å². The Labute approximate surface area is 126 Å². The van der Waals surface area contributed by atoms with E-state index >= 15 is 0 Å². The number of pyridine rings is 1. The Balaban J connectivity index is 1.88. The maximum Gasteiger partial charge on any atom is 0.0702 e. The van der Waals surface area contributed by atoms with Gasteiger partial charge < -0.3 is 10.1 Å². The molecule has 0 amide bonds. The molecule has 1 aromatic carbocycles. The molecule has 1 aromatic heterocycles. The molecule has 1 aliphatic rings. The summed E-state index contributed by atoms with van der Waals surface area (Å²) in [5.74, 6) is 0.549. The molecule has 1 saturated heterocycles. The van der Waals surface area contributed by atoms with Gasteiger partial charge in [-0.15, -0.1) is 0 Å². The molecule has 3 rings (SSSR count). The van der Waals surface area contributed by atoms with Gasteiger partial charge in [0.15, 0.2) is 0 Å². The first-order valence-electron chi connectivity index (χ1n) is 8.04. The molecule has 1 N–H and O–H groups in total. The Hall–Kier alpha value is -1.45. The Bertz CT molecular complexity index is 578. The molecule has 0 spiro atoms. The van der Waals surface area contributed by atoms with Crippen molar-refractivity contribution < 1.29 is 4.74 Å². The van der Waals surface area contributed by atoms with Gasteiger partial charge in [-0.25, -0.2) is 0 Å². The summed E-state index contributed by atoms with van der Waals surface area (Å²) in [4.78, 5) is 4.62. The third-order valence-corrected chi connectivity index (χ3v) is 4.25. The Morgan fingerprint density at radius 3 is 3.10 bits per heavy atom. The van der Waals surface area contributed by atoms with Crippen LogP contribution in [0.3, 0.4) is 0 Å². The highest BCUT2D eigenvalue weighted by Crippen LogP contribution is 2.30. The SMILES string of the molecule is CCCNC(c1cnc2ccccc2c1)C1CCCOC1.